The van der Waals surface area contributed by atoms with Crippen LogP contribution in [0.3, 0.4) is 0 Å². The third-order valence-electron chi connectivity index (χ3n) is 12.5. The van der Waals surface area contributed by atoms with Gasteiger partial charge in [-0.1, -0.05) is 266 Å². The van der Waals surface area contributed by atoms with E-state index in [0.717, 1.165) is 69.6 Å². The van der Waals surface area contributed by atoms with Crippen LogP contribution in [-0.4, -0.2) is 37.2 Å². The number of hydrogen-bond acceptors (Lipinski definition) is 6. The topological polar surface area (TPSA) is 78.9 Å². The summed E-state index contributed by atoms with van der Waals surface area (Å²) in [5, 5.41) is 0. The van der Waals surface area contributed by atoms with Gasteiger partial charge in [-0.15, -0.1) is 0 Å². The molecule has 0 unspecified atom stereocenters. The quantitative estimate of drug-likeness (QED) is 0.0344. The maximum absolute atomic E-state index is 12.8. The highest BCUT2D eigenvalue weighted by atomic mass is 16.6. The van der Waals surface area contributed by atoms with Gasteiger partial charge in [0.1, 0.15) is 13.2 Å². The normalized spacial score (nSPS) is 12.0. The summed E-state index contributed by atoms with van der Waals surface area (Å²) in [6.07, 6.45) is 49.4. The molecular formula is C55H106O6. The van der Waals surface area contributed by atoms with E-state index in [1.807, 2.05) is 0 Å². The molecule has 0 radical (unpaired) electrons. The molecule has 0 aliphatic heterocycles. The molecule has 0 aromatic heterocycles. The van der Waals surface area contributed by atoms with Crippen molar-refractivity contribution in [1.29, 1.82) is 0 Å². The van der Waals surface area contributed by atoms with Crippen molar-refractivity contribution in [2.45, 2.75) is 310 Å². The number of unbranched alkanes of at least 4 members (excludes halogenated alkanes) is 34. The fraction of sp³-hybridized carbons (Fsp3) is 0.945. The number of carbonyl (C=O) groups is 3. The first-order chi connectivity index (χ1) is 29.7. The van der Waals surface area contributed by atoms with E-state index in [1.165, 1.54) is 193 Å². The highest BCUT2D eigenvalue weighted by Gasteiger charge is 2.19. The lowest BCUT2D eigenvalue weighted by molar-refractivity contribution is -0.167. The lowest BCUT2D eigenvalue weighted by Gasteiger charge is -2.18. The van der Waals surface area contributed by atoms with Crippen LogP contribution in [-0.2, 0) is 28.6 Å². The van der Waals surface area contributed by atoms with Gasteiger partial charge in [0.25, 0.3) is 0 Å². The molecule has 0 bridgehead atoms. The molecule has 0 amide bonds. The molecule has 0 N–H and O–H groups in total. The second-order valence-electron chi connectivity index (χ2n) is 19.8. The Balaban J connectivity index is 4.29. The van der Waals surface area contributed by atoms with Crippen LogP contribution >= 0.6 is 0 Å². The van der Waals surface area contributed by atoms with Gasteiger partial charge in [0.05, 0.1) is 0 Å². The van der Waals surface area contributed by atoms with Crippen molar-refractivity contribution in [2.75, 3.05) is 13.2 Å². The monoisotopic (exact) mass is 863 g/mol. The van der Waals surface area contributed by atoms with Crippen molar-refractivity contribution in [1.82, 2.24) is 0 Å². The van der Waals surface area contributed by atoms with Gasteiger partial charge in [-0.25, -0.2) is 0 Å². The Hall–Kier alpha value is -1.59. The van der Waals surface area contributed by atoms with Crippen molar-refractivity contribution in [3.63, 3.8) is 0 Å². The minimum atomic E-state index is -0.762. The molecule has 0 aliphatic carbocycles. The van der Waals surface area contributed by atoms with Crippen LogP contribution in [0.2, 0.25) is 0 Å². The molecule has 0 aromatic rings. The average molecular weight is 863 g/mol. The standard InChI is InChI=1S/C55H106O6/c1-6-7-8-9-10-11-12-15-19-25-30-35-40-45-53(56)59-48-52(61-55(58)47-42-37-32-27-22-21-24-29-34-39-44-51(4)5)49-60-54(57)46-41-36-31-26-20-17-14-13-16-18-23-28-33-38-43-50(2)3/h50-52H,6-49H2,1-5H3/t52-/m1/s1. The lowest BCUT2D eigenvalue weighted by Crippen LogP contribution is -2.30. The van der Waals surface area contributed by atoms with E-state index in [4.69, 9.17) is 14.2 Å². The summed E-state index contributed by atoms with van der Waals surface area (Å²) in [5.74, 6) is 0.817. The molecule has 6 nitrogen and oxygen atoms in total. The van der Waals surface area contributed by atoms with Crippen molar-refractivity contribution >= 4 is 17.9 Å². The molecule has 0 heterocycles. The van der Waals surface area contributed by atoms with Crippen LogP contribution in [0.5, 0.6) is 0 Å². The smallest absolute Gasteiger partial charge is 0.306 e. The molecule has 0 saturated carbocycles. The number of rotatable bonds is 49. The number of esters is 3. The van der Waals surface area contributed by atoms with Crippen LogP contribution in [0.4, 0.5) is 0 Å². The van der Waals surface area contributed by atoms with Crippen LogP contribution in [0, 0.1) is 11.8 Å². The molecule has 6 heteroatoms. The maximum atomic E-state index is 12.8. The number of carbonyl (C=O) groups excluding carboxylic acids is 3. The van der Waals surface area contributed by atoms with Crippen molar-refractivity contribution in [3.05, 3.63) is 0 Å². The largest absolute Gasteiger partial charge is 0.462 e. The predicted molar refractivity (Wildman–Crippen MR) is 261 cm³/mol. The maximum Gasteiger partial charge on any atom is 0.306 e. The molecule has 1 atom stereocenters. The summed E-state index contributed by atoms with van der Waals surface area (Å²) in [6.45, 7) is 11.4. The van der Waals surface area contributed by atoms with E-state index in [2.05, 4.69) is 34.6 Å². The van der Waals surface area contributed by atoms with E-state index in [9.17, 15) is 14.4 Å². The van der Waals surface area contributed by atoms with E-state index >= 15 is 0 Å². The van der Waals surface area contributed by atoms with Gasteiger partial charge in [-0.3, -0.25) is 14.4 Å². The summed E-state index contributed by atoms with van der Waals surface area (Å²) in [5.41, 5.74) is 0. The lowest BCUT2D eigenvalue weighted by atomic mass is 10.0. The third-order valence-corrected chi connectivity index (χ3v) is 12.5. The van der Waals surface area contributed by atoms with Crippen LogP contribution < -0.4 is 0 Å². The second kappa shape index (κ2) is 47.9. The number of ether oxygens (including phenoxy) is 3. The summed E-state index contributed by atoms with van der Waals surface area (Å²) < 4.78 is 16.8. The molecule has 0 aromatic carbocycles. The summed E-state index contributed by atoms with van der Waals surface area (Å²) >= 11 is 0. The van der Waals surface area contributed by atoms with Gasteiger partial charge in [-0.2, -0.15) is 0 Å². The minimum absolute atomic E-state index is 0.0633. The highest BCUT2D eigenvalue weighted by Crippen LogP contribution is 2.18. The summed E-state index contributed by atoms with van der Waals surface area (Å²) in [7, 11) is 0. The molecule has 61 heavy (non-hydrogen) atoms. The highest BCUT2D eigenvalue weighted by molar-refractivity contribution is 5.71. The molecule has 0 fully saturated rings. The van der Waals surface area contributed by atoms with E-state index in [0.29, 0.717) is 19.3 Å². The Morgan fingerprint density at radius 3 is 0.803 bits per heavy atom. The first-order valence-electron chi connectivity index (χ1n) is 27.2. The zero-order chi connectivity index (χ0) is 44.7. The summed E-state index contributed by atoms with van der Waals surface area (Å²) in [6, 6.07) is 0. The Morgan fingerprint density at radius 1 is 0.311 bits per heavy atom. The second-order valence-corrected chi connectivity index (χ2v) is 19.8. The van der Waals surface area contributed by atoms with Gasteiger partial charge >= 0.3 is 17.9 Å². The van der Waals surface area contributed by atoms with Crippen LogP contribution in [0.25, 0.3) is 0 Å². The first-order valence-corrected chi connectivity index (χ1v) is 27.2. The molecule has 0 spiro atoms. The van der Waals surface area contributed by atoms with Crippen molar-refractivity contribution in [3.8, 4) is 0 Å². The molecule has 0 saturated heterocycles. The van der Waals surface area contributed by atoms with Gasteiger partial charge in [0, 0.05) is 19.3 Å². The van der Waals surface area contributed by atoms with Gasteiger partial charge < -0.3 is 14.2 Å². The van der Waals surface area contributed by atoms with Crippen LogP contribution in [0.15, 0.2) is 0 Å². The summed E-state index contributed by atoms with van der Waals surface area (Å²) in [4.78, 5) is 38.0. The van der Waals surface area contributed by atoms with Crippen molar-refractivity contribution < 1.29 is 28.6 Å². The van der Waals surface area contributed by atoms with E-state index < -0.39 is 6.10 Å². The molecule has 0 aliphatic rings. The zero-order valence-electron chi connectivity index (χ0n) is 41.8. The van der Waals surface area contributed by atoms with Gasteiger partial charge in [0.15, 0.2) is 6.10 Å². The fourth-order valence-corrected chi connectivity index (χ4v) is 8.34. The number of hydrogen-bond donors (Lipinski definition) is 0. The average Bonchev–Trinajstić information content (AvgIpc) is 3.23. The minimum Gasteiger partial charge on any atom is -0.462 e. The van der Waals surface area contributed by atoms with Crippen molar-refractivity contribution in [2.24, 2.45) is 11.8 Å². The first kappa shape index (κ1) is 59.4. The van der Waals surface area contributed by atoms with Gasteiger partial charge in [-0.05, 0) is 31.1 Å². The Bertz CT molecular complexity index is 931. The SMILES string of the molecule is CCCCCCCCCCCCCCCC(=O)OC[C@H](COC(=O)CCCCCCCCCCCCCCCCC(C)C)OC(=O)CCCCCCCCCCCCC(C)C. The molecule has 362 valence electrons. The predicted octanol–water partition coefficient (Wildman–Crippen LogP) is 17.7. The Labute approximate surface area is 380 Å². The van der Waals surface area contributed by atoms with E-state index in [-0.39, 0.29) is 31.1 Å². The third kappa shape index (κ3) is 49.3. The fourth-order valence-electron chi connectivity index (χ4n) is 8.34. The Kier molecular flexibility index (Phi) is 46.6. The van der Waals surface area contributed by atoms with Gasteiger partial charge in [0.2, 0.25) is 0 Å². The molecule has 0 rings (SSSR count). The van der Waals surface area contributed by atoms with Crippen LogP contribution in [0.1, 0.15) is 304 Å². The molecular weight excluding hydrogens is 757 g/mol. The van der Waals surface area contributed by atoms with E-state index in [1.54, 1.807) is 0 Å². The Morgan fingerprint density at radius 2 is 0.541 bits per heavy atom. The zero-order valence-corrected chi connectivity index (χ0v) is 41.8.